The molecule has 0 spiro atoms. The molecular weight excluding hydrogens is 253 g/mol. The normalized spacial score (nSPS) is 11.1. The van der Waals surface area contributed by atoms with Crippen molar-refractivity contribution in [2.24, 2.45) is 0 Å². The maximum atomic E-state index is 12.4. The number of anilines is 2. The molecule has 0 aliphatic rings. The first-order valence-corrected chi connectivity index (χ1v) is 4.68. The number of alkyl halides is 3. The monoisotopic (exact) mass is 262 g/mol. The van der Waals surface area contributed by atoms with Crippen LogP contribution in [-0.2, 0) is 15.8 Å². The summed E-state index contributed by atoms with van der Waals surface area (Å²) in [6, 6.07) is 2.40. The molecule has 1 amide bonds. The fourth-order valence-electron chi connectivity index (χ4n) is 1.17. The molecule has 0 radical (unpaired) electrons. The van der Waals surface area contributed by atoms with Crippen LogP contribution in [0.4, 0.5) is 24.5 Å². The zero-order valence-electron chi connectivity index (χ0n) is 8.91. The molecule has 1 aromatic carbocycles. The molecule has 5 nitrogen and oxygen atoms in total. The van der Waals surface area contributed by atoms with Crippen LogP contribution in [0.15, 0.2) is 18.2 Å². The second-order valence-corrected chi connectivity index (χ2v) is 3.42. The number of benzene rings is 1. The molecular formula is C10H9F3N2O3. The third-order valence-electron chi connectivity index (χ3n) is 1.97. The molecule has 1 aromatic rings. The average Bonchev–Trinajstić information content (AvgIpc) is 2.18. The van der Waals surface area contributed by atoms with Crippen LogP contribution in [0.2, 0.25) is 0 Å². The number of halogens is 3. The van der Waals surface area contributed by atoms with E-state index in [0.717, 1.165) is 12.1 Å². The van der Waals surface area contributed by atoms with E-state index < -0.39 is 30.0 Å². The summed E-state index contributed by atoms with van der Waals surface area (Å²) >= 11 is 0. The summed E-state index contributed by atoms with van der Waals surface area (Å²) in [7, 11) is 0. The van der Waals surface area contributed by atoms with Gasteiger partial charge in [-0.1, -0.05) is 0 Å². The van der Waals surface area contributed by atoms with Gasteiger partial charge in [-0.15, -0.1) is 0 Å². The minimum Gasteiger partial charge on any atom is -0.481 e. The summed E-state index contributed by atoms with van der Waals surface area (Å²) in [5.74, 6) is -2.34. The van der Waals surface area contributed by atoms with Gasteiger partial charge in [0.15, 0.2) is 0 Å². The van der Waals surface area contributed by atoms with Gasteiger partial charge in [-0.2, -0.15) is 13.2 Å². The molecule has 4 N–H and O–H groups in total. The van der Waals surface area contributed by atoms with E-state index >= 15 is 0 Å². The van der Waals surface area contributed by atoms with Gasteiger partial charge >= 0.3 is 12.1 Å². The molecule has 0 aromatic heterocycles. The number of hydrogen-bond acceptors (Lipinski definition) is 3. The lowest BCUT2D eigenvalue weighted by atomic mass is 10.1. The van der Waals surface area contributed by atoms with Crippen molar-refractivity contribution in [1.29, 1.82) is 0 Å². The Hall–Kier alpha value is -2.25. The van der Waals surface area contributed by atoms with Crippen molar-refractivity contribution in [3.05, 3.63) is 23.8 Å². The lowest BCUT2D eigenvalue weighted by Crippen LogP contribution is -2.17. The van der Waals surface area contributed by atoms with Gasteiger partial charge in [0.2, 0.25) is 5.91 Å². The van der Waals surface area contributed by atoms with Crippen LogP contribution >= 0.6 is 0 Å². The summed E-state index contributed by atoms with van der Waals surface area (Å²) in [6.07, 6.45) is -5.42. The maximum absolute atomic E-state index is 12.4. The van der Waals surface area contributed by atoms with Crippen LogP contribution in [0.5, 0.6) is 0 Å². The van der Waals surface area contributed by atoms with Gasteiger partial charge in [-0.05, 0) is 18.2 Å². The highest BCUT2D eigenvalue weighted by Gasteiger charge is 2.31. The Morgan fingerprint density at radius 1 is 1.33 bits per heavy atom. The predicted molar refractivity (Wildman–Crippen MR) is 56.7 cm³/mol. The molecule has 0 aliphatic heterocycles. The van der Waals surface area contributed by atoms with Crippen LogP contribution in [0.1, 0.15) is 12.0 Å². The third-order valence-corrected chi connectivity index (χ3v) is 1.97. The van der Waals surface area contributed by atoms with Crippen molar-refractivity contribution in [3.8, 4) is 0 Å². The Kier molecular flexibility index (Phi) is 3.79. The zero-order valence-corrected chi connectivity index (χ0v) is 8.91. The van der Waals surface area contributed by atoms with Gasteiger partial charge in [-0.25, -0.2) is 0 Å². The fraction of sp³-hybridized carbons (Fsp3) is 0.200. The highest BCUT2D eigenvalue weighted by molar-refractivity contribution is 6.02. The van der Waals surface area contributed by atoms with Crippen LogP contribution in [0, 0.1) is 0 Å². The van der Waals surface area contributed by atoms with Gasteiger partial charge in [-0.3, -0.25) is 9.59 Å². The molecule has 18 heavy (non-hydrogen) atoms. The number of nitrogens with one attached hydrogen (secondary N) is 1. The number of carbonyl (C=O) groups is 2. The van der Waals surface area contributed by atoms with Crippen LogP contribution in [0.3, 0.4) is 0 Å². The minimum absolute atomic E-state index is 0.0817. The quantitative estimate of drug-likeness (QED) is 0.571. The van der Waals surface area contributed by atoms with E-state index in [1.807, 2.05) is 5.32 Å². The molecule has 0 unspecified atom stereocenters. The second-order valence-electron chi connectivity index (χ2n) is 3.42. The minimum atomic E-state index is -4.57. The van der Waals surface area contributed by atoms with Crippen LogP contribution < -0.4 is 11.1 Å². The first-order chi connectivity index (χ1) is 8.20. The molecule has 0 saturated carbocycles. The predicted octanol–water partition coefficient (Wildman–Crippen LogP) is 1.70. The topological polar surface area (TPSA) is 92.4 Å². The number of nitrogens with two attached hydrogens (primary N) is 1. The number of carboxylic acid groups (broad SMARTS) is 1. The molecule has 8 heteroatoms. The number of aliphatic carboxylic acids is 1. The smallest absolute Gasteiger partial charge is 0.416 e. The van der Waals surface area contributed by atoms with Gasteiger partial charge in [0.25, 0.3) is 0 Å². The highest BCUT2D eigenvalue weighted by Crippen LogP contribution is 2.32. The largest absolute Gasteiger partial charge is 0.481 e. The number of hydrogen-bond donors (Lipinski definition) is 3. The molecule has 0 aliphatic carbocycles. The summed E-state index contributed by atoms with van der Waals surface area (Å²) in [6.45, 7) is 0. The van der Waals surface area contributed by atoms with E-state index in [0.29, 0.717) is 6.07 Å². The Bertz CT molecular complexity index is 486. The summed E-state index contributed by atoms with van der Waals surface area (Å²) in [4.78, 5) is 21.3. The molecule has 0 bridgehead atoms. The second kappa shape index (κ2) is 4.94. The van der Waals surface area contributed by atoms with Crippen LogP contribution in [-0.4, -0.2) is 17.0 Å². The first-order valence-electron chi connectivity index (χ1n) is 4.68. The third kappa shape index (κ3) is 3.65. The fourth-order valence-corrected chi connectivity index (χ4v) is 1.17. The highest BCUT2D eigenvalue weighted by atomic mass is 19.4. The molecule has 0 heterocycles. The number of rotatable bonds is 3. The summed E-state index contributed by atoms with van der Waals surface area (Å²) in [5, 5.41) is 10.4. The van der Waals surface area contributed by atoms with Crippen molar-refractivity contribution in [1.82, 2.24) is 0 Å². The number of nitrogen functional groups attached to an aromatic ring is 1. The van der Waals surface area contributed by atoms with E-state index in [9.17, 15) is 22.8 Å². The Morgan fingerprint density at radius 2 is 1.94 bits per heavy atom. The van der Waals surface area contributed by atoms with Crippen molar-refractivity contribution < 1.29 is 27.9 Å². The van der Waals surface area contributed by atoms with Crippen molar-refractivity contribution in [2.75, 3.05) is 11.1 Å². The van der Waals surface area contributed by atoms with Crippen molar-refractivity contribution >= 4 is 23.3 Å². The Balaban J connectivity index is 2.95. The van der Waals surface area contributed by atoms with Crippen molar-refractivity contribution in [2.45, 2.75) is 12.6 Å². The van der Waals surface area contributed by atoms with E-state index in [2.05, 4.69) is 0 Å². The molecule has 0 fully saturated rings. The SMILES string of the molecule is Nc1ccc(C(F)(F)F)cc1NC(=O)CC(=O)O. The molecule has 0 atom stereocenters. The maximum Gasteiger partial charge on any atom is 0.416 e. The van der Waals surface area contributed by atoms with Gasteiger partial charge in [0.1, 0.15) is 6.42 Å². The molecule has 1 rings (SSSR count). The Labute approximate surface area is 99.4 Å². The number of amides is 1. The van der Waals surface area contributed by atoms with Gasteiger partial charge in [0, 0.05) is 0 Å². The van der Waals surface area contributed by atoms with Crippen molar-refractivity contribution in [3.63, 3.8) is 0 Å². The van der Waals surface area contributed by atoms with E-state index in [-0.39, 0.29) is 11.4 Å². The Morgan fingerprint density at radius 3 is 2.44 bits per heavy atom. The lowest BCUT2D eigenvalue weighted by Gasteiger charge is -2.11. The standard InChI is InChI=1S/C10H9F3N2O3/c11-10(12,13)5-1-2-6(14)7(3-5)15-8(16)4-9(17)18/h1-3H,4,14H2,(H,15,16)(H,17,18). The summed E-state index contributed by atoms with van der Waals surface area (Å²) in [5.41, 5.74) is 4.05. The number of carbonyl (C=O) groups excluding carboxylic acids is 1. The van der Waals surface area contributed by atoms with E-state index in [1.165, 1.54) is 0 Å². The average molecular weight is 262 g/mol. The molecule has 98 valence electrons. The summed E-state index contributed by atoms with van der Waals surface area (Å²) < 4.78 is 37.2. The lowest BCUT2D eigenvalue weighted by molar-refractivity contribution is -0.140. The van der Waals surface area contributed by atoms with E-state index in [4.69, 9.17) is 10.8 Å². The molecule has 0 saturated heterocycles. The van der Waals surface area contributed by atoms with Crippen LogP contribution in [0.25, 0.3) is 0 Å². The van der Waals surface area contributed by atoms with E-state index in [1.54, 1.807) is 0 Å². The zero-order chi connectivity index (χ0) is 13.9. The van der Waals surface area contributed by atoms with Gasteiger partial charge < -0.3 is 16.2 Å². The number of carboxylic acids is 1. The first kappa shape index (κ1) is 13.8. The van der Waals surface area contributed by atoms with Gasteiger partial charge in [0.05, 0.1) is 16.9 Å².